The second-order valence-electron chi connectivity index (χ2n) is 3.61. The van der Waals surface area contributed by atoms with Gasteiger partial charge in [0.1, 0.15) is 5.82 Å². The van der Waals surface area contributed by atoms with Crippen LogP contribution in [0.25, 0.3) is 0 Å². The van der Waals surface area contributed by atoms with Crippen LogP contribution in [-0.2, 0) is 5.41 Å². The zero-order valence-electron chi connectivity index (χ0n) is 8.46. The van der Waals surface area contributed by atoms with E-state index in [1.807, 2.05) is 25.4 Å². The van der Waals surface area contributed by atoms with Crippen LogP contribution in [0.2, 0.25) is 0 Å². The predicted octanol–water partition coefficient (Wildman–Crippen LogP) is 2.59. The van der Waals surface area contributed by atoms with Crippen LogP contribution in [0.1, 0.15) is 19.4 Å². The number of hydrogen-bond acceptors (Lipinski definition) is 2. The van der Waals surface area contributed by atoms with Crippen molar-refractivity contribution in [1.82, 2.24) is 4.98 Å². The van der Waals surface area contributed by atoms with E-state index >= 15 is 0 Å². The summed E-state index contributed by atoms with van der Waals surface area (Å²) in [4.78, 5) is 4.25. The first kappa shape index (κ1) is 9.78. The van der Waals surface area contributed by atoms with Gasteiger partial charge < -0.3 is 5.32 Å². The highest BCUT2D eigenvalue weighted by atomic mass is 14.9. The second kappa shape index (κ2) is 3.60. The summed E-state index contributed by atoms with van der Waals surface area (Å²) < 4.78 is 0. The molecule has 0 radical (unpaired) electrons. The maximum absolute atomic E-state index is 4.25. The van der Waals surface area contributed by atoms with Gasteiger partial charge in [-0.2, -0.15) is 0 Å². The number of nitrogens with zero attached hydrogens (tertiary/aromatic N) is 1. The largest absolute Gasteiger partial charge is 0.373 e. The summed E-state index contributed by atoms with van der Waals surface area (Å²) in [5.74, 6) is 0.892. The second-order valence-corrected chi connectivity index (χ2v) is 3.61. The molecular formula is C11H16N2. The zero-order valence-corrected chi connectivity index (χ0v) is 8.46. The van der Waals surface area contributed by atoms with Gasteiger partial charge in [-0.25, -0.2) is 4.98 Å². The lowest BCUT2D eigenvalue weighted by atomic mass is 9.86. The van der Waals surface area contributed by atoms with Crippen LogP contribution in [0, 0.1) is 0 Å². The van der Waals surface area contributed by atoms with Crippen molar-refractivity contribution in [2.24, 2.45) is 0 Å². The van der Waals surface area contributed by atoms with Gasteiger partial charge in [0, 0.05) is 18.7 Å². The maximum Gasteiger partial charge on any atom is 0.125 e. The Morgan fingerprint density at radius 1 is 1.46 bits per heavy atom. The molecule has 2 nitrogen and oxygen atoms in total. The Hall–Kier alpha value is -1.31. The number of nitrogens with one attached hydrogen (secondary N) is 1. The first-order valence-electron chi connectivity index (χ1n) is 4.38. The highest BCUT2D eigenvalue weighted by Gasteiger charge is 2.15. The molecule has 0 aliphatic carbocycles. The van der Waals surface area contributed by atoms with Crippen LogP contribution in [0.4, 0.5) is 5.82 Å². The van der Waals surface area contributed by atoms with Crippen LogP contribution in [-0.4, -0.2) is 12.0 Å². The van der Waals surface area contributed by atoms with E-state index in [0.29, 0.717) is 0 Å². The Balaban J connectivity index is 2.98. The number of hydrogen-bond donors (Lipinski definition) is 1. The van der Waals surface area contributed by atoms with E-state index in [0.717, 1.165) is 5.82 Å². The summed E-state index contributed by atoms with van der Waals surface area (Å²) >= 11 is 0. The fraction of sp³-hybridized carbons (Fsp3) is 0.364. The molecule has 1 aromatic rings. The molecule has 13 heavy (non-hydrogen) atoms. The summed E-state index contributed by atoms with van der Waals surface area (Å²) in [6.45, 7) is 8.05. The van der Waals surface area contributed by atoms with Gasteiger partial charge >= 0.3 is 0 Å². The van der Waals surface area contributed by atoms with Crippen molar-refractivity contribution >= 4 is 5.82 Å². The number of allylic oxidation sites excluding steroid dienone is 1. The van der Waals surface area contributed by atoms with Crippen molar-refractivity contribution in [2.45, 2.75) is 19.3 Å². The molecule has 1 rings (SSSR count). The van der Waals surface area contributed by atoms with E-state index in [1.165, 1.54) is 5.56 Å². The smallest absolute Gasteiger partial charge is 0.125 e. The van der Waals surface area contributed by atoms with Crippen molar-refractivity contribution in [2.75, 3.05) is 12.4 Å². The third kappa shape index (κ3) is 2.08. The van der Waals surface area contributed by atoms with Crippen molar-refractivity contribution < 1.29 is 0 Å². The van der Waals surface area contributed by atoms with E-state index in [9.17, 15) is 0 Å². The normalized spacial score (nSPS) is 11.0. The summed E-state index contributed by atoms with van der Waals surface area (Å²) in [6.07, 6.45) is 3.82. The Bertz CT molecular complexity index is 285. The standard InChI is InChI=1S/C11H16N2/c1-5-11(2,3)9-6-7-10(12-4)13-8-9/h5-8H,1H2,2-4H3,(H,12,13). The molecule has 1 N–H and O–H groups in total. The Labute approximate surface area is 79.7 Å². The van der Waals surface area contributed by atoms with E-state index in [-0.39, 0.29) is 5.41 Å². The molecule has 0 atom stereocenters. The van der Waals surface area contributed by atoms with Gasteiger partial charge in [-0.3, -0.25) is 0 Å². The monoisotopic (exact) mass is 176 g/mol. The van der Waals surface area contributed by atoms with Crippen molar-refractivity contribution in [3.05, 3.63) is 36.5 Å². The average molecular weight is 176 g/mol. The quantitative estimate of drug-likeness (QED) is 0.716. The Morgan fingerprint density at radius 3 is 2.54 bits per heavy atom. The number of aromatic nitrogens is 1. The highest BCUT2D eigenvalue weighted by molar-refractivity contribution is 5.37. The fourth-order valence-corrected chi connectivity index (χ4v) is 1.04. The molecule has 0 unspecified atom stereocenters. The van der Waals surface area contributed by atoms with Crippen molar-refractivity contribution in [1.29, 1.82) is 0 Å². The van der Waals surface area contributed by atoms with Gasteiger partial charge in [-0.1, -0.05) is 26.0 Å². The van der Waals surface area contributed by atoms with Gasteiger partial charge in [0.05, 0.1) is 0 Å². The topological polar surface area (TPSA) is 24.9 Å². The van der Waals surface area contributed by atoms with Crippen molar-refractivity contribution in [3.8, 4) is 0 Å². The van der Waals surface area contributed by atoms with E-state index < -0.39 is 0 Å². The number of pyridine rings is 1. The molecule has 0 saturated carbocycles. The van der Waals surface area contributed by atoms with E-state index in [2.05, 4.69) is 36.8 Å². The van der Waals surface area contributed by atoms with E-state index in [1.54, 1.807) is 0 Å². The molecule has 0 bridgehead atoms. The molecule has 0 aliphatic rings. The average Bonchev–Trinajstić information content (AvgIpc) is 2.18. The van der Waals surface area contributed by atoms with Crippen LogP contribution < -0.4 is 5.32 Å². The SMILES string of the molecule is C=CC(C)(C)c1ccc(NC)nc1. The molecule has 0 fully saturated rings. The third-order valence-electron chi connectivity index (χ3n) is 2.27. The first-order valence-corrected chi connectivity index (χ1v) is 4.38. The minimum Gasteiger partial charge on any atom is -0.373 e. The minimum atomic E-state index is -0.000723. The first-order chi connectivity index (χ1) is 6.10. The lowest BCUT2D eigenvalue weighted by Crippen LogP contribution is -2.13. The molecule has 0 saturated heterocycles. The molecule has 1 aromatic heterocycles. The van der Waals surface area contributed by atoms with Crippen LogP contribution >= 0.6 is 0 Å². The van der Waals surface area contributed by atoms with Crippen LogP contribution in [0.5, 0.6) is 0 Å². The molecule has 0 amide bonds. The molecule has 0 aliphatic heterocycles. The lowest BCUT2D eigenvalue weighted by molar-refractivity contribution is 0.668. The molecular weight excluding hydrogens is 160 g/mol. The Kier molecular flexibility index (Phi) is 2.71. The number of anilines is 1. The van der Waals surface area contributed by atoms with Crippen LogP contribution in [0.15, 0.2) is 31.0 Å². The van der Waals surface area contributed by atoms with Gasteiger partial charge in [-0.15, -0.1) is 6.58 Å². The van der Waals surface area contributed by atoms with Crippen LogP contribution in [0.3, 0.4) is 0 Å². The summed E-state index contributed by atoms with van der Waals surface area (Å²) in [6, 6.07) is 4.04. The third-order valence-corrected chi connectivity index (χ3v) is 2.27. The Morgan fingerprint density at radius 2 is 2.15 bits per heavy atom. The maximum atomic E-state index is 4.25. The summed E-state index contributed by atoms with van der Waals surface area (Å²) in [5.41, 5.74) is 1.18. The zero-order chi connectivity index (χ0) is 9.90. The summed E-state index contributed by atoms with van der Waals surface area (Å²) in [5, 5.41) is 2.99. The fourth-order valence-electron chi connectivity index (χ4n) is 1.04. The molecule has 1 heterocycles. The predicted molar refractivity (Wildman–Crippen MR) is 57.0 cm³/mol. The number of rotatable bonds is 3. The summed E-state index contributed by atoms with van der Waals surface area (Å²) in [7, 11) is 1.86. The molecule has 70 valence electrons. The van der Waals surface area contributed by atoms with Gasteiger partial charge in [0.15, 0.2) is 0 Å². The van der Waals surface area contributed by atoms with Gasteiger partial charge in [-0.05, 0) is 11.6 Å². The molecule has 2 heteroatoms. The van der Waals surface area contributed by atoms with Gasteiger partial charge in [0.25, 0.3) is 0 Å². The minimum absolute atomic E-state index is 0.000723. The van der Waals surface area contributed by atoms with Crippen molar-refractivity contribution in [3.63, 3.8) is 0 Å². The van der Waals surface area contributed by atoms with Gasteiger partial charge in [0.2, 0.25) is 0 Å². The van der Waals surface area contributed by atoms with E-state index in [4.69, 9.17) is 0 Å². The lowest BCUT2D eigenvalue weighted by Gasteiger charge is -2.19. The highest BCUT2D eigenvalue weighted by Crippen LogP contribution is 2.23. The molecule has 0 aromatic carbocycles. The molecule has 0 spiro atoms.